The average molecular weight is 352 g/mol. The molecule has 6 heteroatoms. The van der Waals surface area contributed by atoms with Crippen LogP contribution >= 0.6 is 0 Å². The predicted molar refractivity (Wildman–Crippen MR) is 95.1 cm³/mol. The maximum atomic E-state index is 13.4. The lowest BCUT2D eigenvalue weighted by Crippen LogP contribution is -2.43. The third-order valence-electron chi connectivity index (χ3n) is 3.95. The van der Waals surface area contributed by atoms with Gasteiger partial charge >= 0.3 is 5.97 Å². The van der Waals surface area contributed by atoms with E-state index < -0.39 is 23.7 Å². The van der Waals surface area contributed by atoms with Crippen LogP contribution in [0.1, 0.15) is 16.1 Å². The smallest absolute Gasteiger partial charge is 0.328 e. The van der Waals surface area contributed by atoms with Gasteiger partial charge in [-0.3, -0.25) is 4.79 Å². The van der Waals surface area contributed by atoms with Crippen molar-refractivity contribution < 1.29 is 18.7 Å². The Morgan fingerprint density at radius 2 is 1.92 bits per heavy atom. The molecule has 0 bridgehead atoms. The fourth-order valence-corrected chi connectivity index (χ4v) is 2.66. The number of aromatic nitrogens is 1. The molecule has 1 N–H and O–H groups in total. The molecule has 0 saturated carbocycles. The van der Waals surface area contributed by atoms with Crippen molar-refractivity contribution in [2.24, 2.45) is 0 Å². The standard InChI is InChI=1S/C20H17FN2O3/c1-26-20(25)18(12-13-5-4-7-15(21)11-13)23-19(24)17-10-9-14-6-2-3-8-16(14)22-17/h2-11,18H,12H2,1H3,(H,23,24)/t18-/m1/s1. The van der Waals surface area contributed by atoms with Gasteiger partial charge in [0.05, 0.1) is 12.6 Å². The minimum atomic E-state index is -0.942. The molecule has 132 valence electrons. The molecule has 1 aromatic heterocycles. The highest BCUT2D eigenvalue weighted by Crippen LogP contribution is 2.13. The van der Waals surface area contributed by atoms with Gasteiger partial charge in [-0.15, -0.1) is 0 Å². The number of carbonyl (C=O) groups is 2. The SMILES string of the molecule is COC(=O)[C@@H](Cc1cccc(F)c1)NC(=O)c1ccc2ccccc2n1. The second-order valence-electron chi connectivity index (χ2n) is 5.77. The monoisotopic (exact) mass is 352 g/mol. The zero-order valence-corrected chi connectivity index (χ0v) is 14.1. The molecular formula is C20H17FN2O3. The molecule has 5 nitrogen and oxygen atoms in total. The van der Waals surface area contributed by atoms with Gasteiger partial charge < -0.3 is 10.1 Å². The van der Waals surface area contributed by atoms with E-state index in [1.165, 1.54) is 19.2 Å². The molecule has 0 spiro atoms. The van der Waals surface area contributed by atoms with Crippen molar-refractivity contribution in [1.82, 2.24) is 10.3 Å². The fourth-order valence-electron chi connectivity index (χ4n) is 2.66. The quantitative estimate of drug-likeness (QED) is 0.717. The number of amides is 1. The first-order valence-corrected chi connectivity index (χ1v) is 8.06. The Bertz CT molecular complexity index is 958. The van der Waals surface area contributed by atoms with Crippen LogP contribution in [0.15, 0.2) is 60.7 Å². The third-order valence-corrected chi connectivity index (χ3v) is 3.95. The molecule has 0 radical (unpaired) electrons. The van der Waals surface area contributed by atoms with Crippen LogP contribution in [-0.4, -0.2) is 30.0 Å². The van der Waals surface area contributed by atoms with E-state index in [9.17, 15) is 14.0 Å². The van der Waals surface area contributed by atoms with Crippen LogP contribution in [-0.2, 0) is 16.0 Å². The normalized spacial score (nSPS) is 11.8. The second-order valence-corrected chi connectivity index (χ2v) is 5.77. The average Bonchev–Trinajstić information content (AvgIpc) is 2.66. The summed E-state index contributed by atoms with van der Waals surface area (Å²) in [6.07, 6.45) is 0.115. The molecule has 1 amide bonds. The van der Waals surface area contributed by atoms with Crippen LogP contribution in [0.25, 0.3) is 10.9 Å². The number of hydrogen-bond donors (Lipinski definition) is 1. The highest BCUT2D eigenvalue weighted by Gasteiger charge is 2.23. The summed E-state index contributed by atoms with van der Waals surface area (Å²) in [5, 5.41) is 3.53. The van der Waals surface area contributed by atoms with Gasteiger partial charge in [0.1, 0.15) is 17.6 Å². The van der Waals surface area contributed by atoms with Crippen molar-refractivity contribution in [2.45, 2.75) is 12.5 Å². The second kappa shape index (κ2) is 7.74. The Balaban J connectivity index is 1.80. The highest BCUT2D eigenvalue weighted by molar-refractivity contribution is 5.97. The number of halogens is 1. The number of para-hydroxylation sites is 1. The van der Waals surface area contributed by atoms with Crippen molar-refractivity contribution in [3.8, 4) is 0 Å². The molecule has 1 heterocycles. The first-order chi connectivity index (χ1) is 12.6. The number of nitrogens with one attached hydrogen (secondary N) is 1. The fraction of sp³-hybridized carbons (Fsp3) is 0.150. The van der Waals surface area contributed by atoms with Gasteiger partial charge in [0, 0.05) is 11.8 Å². The number of rotatable bonds is 5. The molecule has 0 aliphatic carbocycles. The predicted octanol–water partition coefficient (Wildman–Crippen LogP) is 2.89. The molecular weight excluding hydrogens is 335 g/mol. The van der Waals surface area contributed by atoms with Crippen LogP contribution in [0.3, 0.4) is 0 Å². The zero-order chi connectivity index (χ0) is 18.5. The Labute approximate surface area is 149 Å². The molecule has 0 fully saturated rings. The number of benzene rings is 2. The van der Waals surface area contributed by atoms with Crippen LogP contribution in [0, 0.1) is 5.82 Å². The first kappa shape index (κ1) is 17.5. The summed E-state index contributed by atoms with van der Waals surface area (Å²) in [5.41, 5.74) is 1.45. The maximum Gasteiger partial charge on any atom is 0.328 e. The molecule has 2 aromatic carbocycles. The Kier molecular flexibility index (Phi) is 5.22. The molecule has 3 rings (SSSR count). The molecule has 3 aromatic rings. The van der Waals surface area contributed by atoms with Gasteiger partial charge in [0.15, 0.2) is 0 Å². The summed E-state index contributed by atoms with van der Waals surface area (Å²) in [6, 6.07) is 15.7. The van der Waals surface area contributed by atoms with Crippen LogP contribution in [0.4, 0.5) is 4.39 Å². The highest BCUT2D eigenvalue weighted by atomic mass is 19.1. The van der Waals surface area contributed by atoms with Gasteiger partial charge in [-0.25, -0.2) is 14.2 Å². The Morgan fingerprint density at radius 3 is 2.69 bits per heavy atom. The largest absolute Gasteiger partial charge is 0.467 e. The number of hydrogen-bond acceptors (Lipinski definition) is 4. The number of nitrogens with zero attached hydrogens (tertiary/aromatic N) is 1. The van der Waals surface area contributed by atoms with Crippen molar-refractivity contribution in [2.75, 3.05) is 7.11 Å². The summed E-state index contributed by atoms with van der Waals surface area (Å²) in [4.78, 5) is 28.9. The number of pyridine rings is 1. The molecule has 0 unspecified atom stereocenters. The molecule has 0 saturated heterocycles. The summed E-state index contributed by atoms with van der Waals surface area (Å²) in [6.45, 7) is 0. The van der Waals surface area contributed by atoms with E-state index in [0.29, 0.717) is 11.1 Å². The van der Waals surface area contributed by atoms with E-state index in [1.54, 1.807) is 30.3 Å². The zero-order valence-electron chi connectivity index (χ0n) is 14.1. The minimum Gasteiger partial charge on any atom is -0.467 e. The summed E-state index contributed by atoms with van der Waals surface area (Å²) >= 11 is 0. The van der Waals surface area contributed by atoms with Gasteiger partial charge in [-0.1, -0.05) is 36.4 Å². The van der Waals surface area contributed by atoms with Gasteiger partial charge in [-0.2, -0.15) is 0 Å². The molecule has 0 aliphatic heterocycles. The summed E-state index contributed by atoms with van der Waals surface area (Å²) in [7, 11) is 1.24. The lowest BCUT2D eigenvalue weighted by atomic mass is 10.1. The van der Waals surface area contributed by atoms with Gasteiger partial charge in [-0.05, 0) is 29.8 Å². The van der Waals surface area contributed by atoms with Gasteiger partial charge in [0.2, 0.25) is 0 Å². The van der Waals surface area contributed by atoms with E-state index in [-0.39, 0.29) is 12.1 Å². The molecule has 26 heavy (non-hydrogen) atoms. The van der Waals surface area contributed by atoms with Crippen LogP contribution < -0.4 is 5.32 Å². The van der Waals surface area contributed by atoms with Crippen molar-refractivity contribution in [3.05, 3.63) is 77.7 Å². The minimum absolute atomic E-state index is 0.115. The third kappa shape index (κ3) is 4.03. The van der Waals surface area contributed by atoms with Crippen LogP contribution in [0.2, 0.25) is 0 Å². The topological polar surface area (TPSA) is 68.3 Å². The van der Waals surface area contributed by atoms with Crippen molar-refractivity contribution >= 4 is 22.8 Å². The van der Waals surface area contributed by atoms with Crippen LogP contribution in [0.5, 0.6) is 0 Å². The molecule has 0 aliphatic rings. The number of fused-ring (bicyclic) bond motifs is 1. The van der Waals surface area contributed by atoms with Crippen molar-refractivity contribution in [1.29, 1.82) is 0 Å². The lowest BCUT2D eigenvalue weighted by Gasteiger charge is -2.16. The number of methoxy groups -OCH3 is 1. The van der Waals surface area contributed by atoms with E-state index in [2.05, 4.69) is 10.3 Å². The Hall–Kier alpha value is -3.28. The number of esters is 1. The van der Waals surface area contributed by atoms with Gasteiger partial charge in [0.25, 0.3) is 5.91 Å². The van der Waals surface area contributed by atoms with E-state index in [1.807, 2.05) is 18.2 Å². The van der Waals surface area contributed by atoms with E-state index in [4.69, 9.17) is 4.74 Å². The number of ether oxygens (including phenoxy) is 1. The summed E-state index contributed by atoms with van der Waals surface area (Å²) in [5.74, 6) is -1.51. The maximum absolute atomic E-state index is 13.4. The summed E-state index contributed by atoms with van der Waals surface area (Å²) < 4.78 is 18.1. The lowest BCUT2D eigenvalue weighted by molar-refractivity contribution is -0.142. The number of carbonyl (C=O) groups excluding carboxylic acids is 2. The van der Waals surface area contributed by atoms with E-state index >= 15 is 0 Å². The Morgan fingerprint density at radius 1 is 1.12 bits per heavy atom. The van der Waals surface area contributed by atoms with E-state index in [0.717, 1.165) is 5.39 Å². The van der Waals surface area contributed by atoms with Crippen molar-refractivity contribution in [3.63, 3.8) is 0 Å². The first-order valence-electron chi connectivity index (χ1n) is 8.06. The molecule has 1 atom stereocenters.